The highest BCUT2D eigenvalue weighted by Crippen LogP contribution is 2.29. The molecule has 7 heteroatoms. The van der Waals surface area contributed by atoms with E-state index in [2.05, 4.69) is 15.0 Å². The molecule has 0 aromatic carbocycles. The Morgan fingerprint density at radius 2 is 2.18 bits per heavy atom. The van der Waals surface area contributed by atoms with E-state index < -0.39 is 11.7 Å². The maximum atomic E-state index is 13.9. The number of nitrogens with one attached hydrogen (secondary N) is 1. The Kier molecular flexibility index (Phi) is 3.46. The van der Waals surface area contributed by atoms with E-state index in [1.165, 1.54) is 6.07 Å². The van der Waals surface area contributed by atoms with Gasteiger partial charge >= 0.3 is 0 Å². The molecule has 1 aliphatic rings. The maximum Gasteiger partial charge on any atom is 0.250 e. The minimum Gasteiger partial charge on any atom is -0.368 e. The zero-order chi connectivity index (χ0) is 15.7. The Labute approximate surface area is 125 Å². The maximum absolute atomic E-state index is 13.9. The number of carbonyl (C=O) groups excluding carboxylic acids is 1. The van der Waals surface area contributed by atoms with Gasteiger partial charge in [-0.1, -0.05) is 18.2 Å². The molecule has 2 aromatic heterocycles. The van der Waals surface area contributed by atoms with Gasteiger partial charge in [0, 0.05) is 0 Å². The van der Waals surface area contributed by atoms with E-state index in [9.17, 15) is 9.18 Å². The fraction of sp³-hybridized carbons (Fsp3) is 0.133. The van der Waals surface area contributed by atoms with Crippen molar-refractivity contribution in [2.45, 2.75) is 12.8 Å². The number of carbonyl (C=O) groups is 1. The van der Waals surface area contributed by atoms with Crippen molar-refractivity contribution in [3.63, 3.8) is 0 Å². The van der Waals surface area contributed by atoms with E-state index in [4.69, 9.17) is 11.5 Å². The van der Waals surface area contributed by atoms with Crippen LogP contribution < -0.4 is 11.5 Å². The lowest BCUT2D eigenvalue weighted by Crippen LogP contribution is -2.12. The molecule has 5 N–H and O–H groups in total. The molecule has 6 nitrogen and oxygen atoms in total. The lowest BCUT2D eigenvalue weighted by molar-refractivity contribution is 0.1000. The average Bonchev–Trinajstić information content (AvgIpc) is 2.96. The van der Waals surface area contributed by atoms with Crippen LogP contribution in [0.2, 0.25) is 0 Å². The van der Waals surface area contributed by atoms with Gasteiger partial charge in [-0.15, -0.1) is 0 Å². The minimum atomic E-state index is -0.633. The van der Waals surface area contributed by atoms with Crippen LogP contribution >= 0.6 is 0 Å². The number of allylic oxidation sites excluding steroid dienone is 4. The van der Waals surface area contributed by atoms with E-state index in [0.29, 0.717) is 11.4 Å². The molecule has 22 heavy (non-hydrogen) atoms. The van der Waals surface area contributed by atoms with Crippen molar-refractivity contribution >= 4 is 17.4 Å². The van der Waals surface area contributed by atoms with Crippen LogP contribution in [0, 0.1) is 5.82 Å². The number of aromatic nitrogens is 3. The van der Waals surface area contributed by atoms with Gasteiger partial charge in [0.25, 0.3) is 5.91 Å². The molecule has 112 valence electrons. The number of hydrogen-bond acceptors (Lipinski definition) is 4. The highest BCUT2D eigenvalue weighted by molar-refractivity contribution is 6.00. The number of rotatable bonds is 3. The minimum absolute atomic E-state index is 0.00152. The number of nitrogens with zero attached hydrogens (tertiary/aromatic N) is 2. The van der Waals surface area contributed by atoms with Crippen LogP contribution in [0.3, 0.4) is 0 Å². The fourth-order valence-electron chi connectivity index (χ4n) is 2.37. The van der Waals surface area contributed by atoms with Crippen molar-refractivity contribution in [2.75, 3.05) is 5.73 Å². The Hall–Kier alpha value is -2.96. The quantitative estimate of drug-likeness (QED) is 0.805. The molecule has 3 rings (SSSR count). The Bertz CT molecular complexity index is 806. The van der Waals surface area contributed by atoms with Crippen LogP contribution in [0.15, 0.2) is 30.5 Å². The third-order valence-electron chi connectivity index (χ3n) is 3.38. The molecule has 0 radical (unpaired) electrons. The molecule has 1 aliphatic carbocycles. The molecule has 1 amide bonds. The first-order chi connectivity index (χ1) is 10.6. The standard InChI is InChI=1S/C15H14FN5O/c16-10-7-19-15(18)21-13(10)11-6-9(14(17)22)12(20-11)8-4-2-1-3-5-8/h2,4-7,20H,1,3H2,(H2,17,22)(H2,18,19,21). The van der Waals surface area contributed by atoms with Crippen molar-refractivity contribution in [1.29, 1.82) is 0 Å². The van der Waals surface area contributed by atoms with E-state index in [1.54, 1.807) is 0 Å². The summed E-state index contributed by atoms with van der Waals surface area (Å²) in [5.41, 5.74) is 12.9. The highest BCUT2D eigenvalue weighted by Gasteiger charge is 2.19. The number of amides is 1. The number of hydrogen-bond donors (Lipinski definition) is 3. The topological polar surface area (TPSA) is 111 Å². The Balaban J connectivity index is 2.15. The number of nitrogens with two attached hydrogens (primary N) is 2. The molecular formula is C15H14FN5O. The number of aromatic amines is 1. The summed E-state index contributed by atoms with van der Waals surface area (Å²) < 4.78 is 13.9. The van der Waals surface area contributed by atoms with E-state index in [-0.39, 0.29) is 17.2 Å². The molecule has 0 fully saturated rings. The van der Waals surface area contributed by atoms with Gasteiger partial charge in [-0.3, -0.25) is 4.79 Å². The lowest BCUT2D eigenvalue weighted by atomic mass is 10.0. The Morgan fingerprint density at radius 1 is 1.36 bits per heavy atom. The van der Waals surface area contributed by atoms with Crippen molar-refractivity contribution in [3.05, 3.63) is 47.6 Å². The van der Waals surface area contributed by atoms with Crippen molar-refractivity contribution in [1.82, 2.24) is 15.0 Å². The zero-order valence-electron chi connectivity index (χ0n) is 11.6. The predicted molar refractivity (Wildman–Crippen MR) is 81.1 cm³/mol. The van der Waals surface area contributed by atoms with E-state index >= 15 is 0 Å². The average molecular weight is 299 g/mol. The summed E-state index contributed by atoms with van der Waals surface area (Å²) in [7, 11) is 0. The summed E-state index contributed by atoms with van der Waals surface area (Å²) in [4.78, 5) is 22.1. The van der Waals surface area contributed by atoms with Gasteiger partial charge < -0.3 is 16.5 Å². The molecular weight excluding hydrogens is 285 g/mol. The van der Waals surface area contributed by atoms with E-state index in [0.717, 1.165) is 24.6 Å². The lowest BCUT2D eigenvalue weighted by Gasteiger charge is -2.06. The van der Waals surface area contributed by atoms with Gasteiger partial charge in [-0.2, -0.15) is 0 Å². The van der Waals surface area contributed by atoms with Crippen LogP contribution in [0.4, 0.5) is 10.3 Å². The molecule has 0 aliphatic heterocycles. The number of anilines is 1. The summed E-state index contributed by atoms with van der Waals surface area (Å²) >= 11 is 0. The van der Waals surface area contributed by atoms with Gasteiger partial charge in [-0.25, -0.2) is 14.4 Å². The zero-order valence-corrected chi connectivity index (χ0v) is 11.6. The normalized spacial score (nSPS) is 14.0. The van der Waals surface area contributed by atoms with Crippen molar-refractivity contribution in [2.24, 2.45) is 5.73 Å². The summed E-state index contributed by atoms with van der Waals surface area (Å²) in [6, 6.07) is 1.48. The number of nitrogen functional groups attached to an aromatic ring is 1. The molecule has 0 unspecified atom stereocenters. The third-order valence-corrected chi connectivity index (χ3v) is 3.38. The fourth-order valence-corrected chi connectivity index (χ4v) is 2.37. The smallest absolute Gasteiger partial charge is 0.250 e. The second-order valence-electron chi connectivity index (χ2n) is 4.90. The van der Waals surface area contributed by atoms with Crippen LogP contribution in [-0.2, 0) is 0 Å². The first kappa shape index (κ1) is 14.0. The van der Waals surface area contributed by atoms with Crippen LogP contribution in [0.25, 0.3) is 17.0 Å². The number of H-pyrrole nitrogens is 1. The summed E-state index contributed by atoms with van der Waals surface area (Å²) in [6.07, 6.45) is 8.70. The molecule has 0 spiro atoms. The summed E-state index contributed by atoms with van der Waals surface area (Å²) in [5.74, 6) is -1.28. The predicted octanol–water partition coefficient (Wildman–Crippen LogP) is 2.03. The summed E-state index contributed by atoms with van der Waals surface area (Å²) in [5, 5.41) is 0. The number of primary amides is 1. The molecule has 0 saturated carbocycles. The van der Waals surface area contributed by atoms with Gasteiger partial charge in [0.15, 0.2) is 5.82 Å². The molecule has 0 saturated heterocycles. The van der Waals surface area contributed by atoms with Gasteiger partial charge in [-0.05, 0) is 24.5 Å². The van der Waals surface area contributed by atoms with Gasteiger partial charge in [0.2, 0.25) is 5.95 Å². The highest BCUT2D eigenvalue weighted by atomic mass is 19.1. The molecule has 0 atom stereocenters. The number of halogens is 1. The van der Waals surface area contributed by atoms with Gasteiger partial charge in [0.05, 0.1) is 23.1 Å². The van der Waals surface area contributed by atoms with Crippen LogP contribution in [0.1, 0.15) is 28.9 Å². The van der Waals surface area contributed by atoms with E-state index in [1.807, 2.05) is 18.2 Å². The molecule has 2 aromatic rings. The third kappa shape index (κ3) is 2.48. The first-order valence-electron chi connectivity index (χ1n) is 6.74. The largest absolute Gasteiger partial charge is 0.368 e. The second kappa shape index (κ2) is 5.44. The molecule has 2 heterocycles. The second-order valence-corrected chi connectivity index (χ2v) is 4.90. The van der Waals surface area contributed by atoms with Crippen molar-refractivity contribution < 1.29 is 9.18 Å². The Morgan fingerprint density at radius 3 is 2.86 bits per heavy atom. The molecule has 0 bridgehead atoms. The summed E-state index contributed by atoms with van der Waals surface area (Å²) in [6.45, 7) is 0. The van der Waals surface area contributed by atoms with Crippen LogP contribution in [0.5, 0.6) is 0 Å². The van der Waals surface area contributed by atoms with Gasteiger partial charge in [0.1, 0.15) is 5.69 Å². The van der Waals surface area contributed by atoms with Crippen LogP contribution in [-0.4, -0.2) is 20.9 Å². The SMILES string of the molecule is NC(=O)c1cc(-c2nc(N)ncc2F)[nH]c1C1=CCCC=C1. The van der Waals surface area contributed by atoms with Crippen molar-refractivity contribution in [3.8, 4) is 11.4 Å². The first-order valence-corrected chi connectivity index (χ1v) is 6.74. The monoisotopic (exact) mass is 299 g/mol.